The molecule has 0 aliphatic heterocycles. The first kappa shape index (κ1) is 14.7. The summed E-state index contributed by atoms with van der Waals surface area (Å²) in [6.07, 6.45) is 0. The van der Waals surface area contributed by atoms with E-state index in [0.717, 1.165) is 5.16 Å². The molecular weight excluding hydrogens is 299 g/mol. The van der Waals surface area contributed by atoms with Gasteiger partial charge in [0.2, 0.25) is 0 Å². The van der Waals surface area contributed by atoms with Crippen LogP contribution in [0.1, 0.15) is 17.7 Å². The zero-order chi connectivity index (χ0) is 11.5. The summed E-state index contributed by atoms with van der Waals surface area (Å²) in [6, 6.07) is 10.2. The van der Waals surface area contributed by atoms with Crippen molar-refractivity contribution in [1.29, 1.82) is 0 Å². The van der Waals surface area contributed by atoms with Gasteiger partial charge in [0.25, 0.3) is 0 Å². The molecule has 1 aromatic carbocycles. The van der Waals surface area contributed by atoms with Crippen molar-refractivity contribution in [2.45, 2.75) is 17.3 Å². The van der Waals surface area contributed by atoms with Gasteiger partial charge in [-0.25, -0.2) is 4.98 Å². The van der Waals surface area contributed by atoms with Crippen LogP contribution in [0.5, 0.6) is 0 Å². The first-order valence-electron chi connectivity index (χ1n) is 4.79. The Kier molecular flexibility index (Phi) is 5.67. The highest BCUT2D eigenvalue weighted by Gasteiger charge is 2.11. The molecule has 0 amide bonds. The van der Waals surface area contributed by atoms with Crippen molar-refractivity contribution in [2.24, 2.45) is 0 Å². The SMILES string of the molecule is CC(Sc1nc(Cl)c(Cl)[nH]1)c1ccccc1.Cl. The van der Waals surface area contributed by atoms with E-state index in [1.807, 2.05) is 18.2 Å². The number of thioether (sulfide) groups is 1. The summed E-state index contributed by atoms with van der Waals surface area (Å²) in [6.45, 7) is 2.12. The van der Waals surface area contributed by atoms with E-state index in [1.54, 1.807) is 11.8 Å². The van der Waals surface area contributed by atoms with Crippen LogP contribution in [0, 0.1) is 0 Å². The normalized spacial score (nSPS) is 11.9. The lowest BCUT2D eigenvalue weighted by atomic mass is 10.2. The quantitative estimate of drug-likeness (QED) is 0.809. The van der Waals surface area contributed by atoms with Crippen LogP contribution in [0.4, 0.5) is 0 Å². The van der Waals surface area contributed by atoms with Gasteiger partial charge in [-0.3, -0.25) is 0 Å². The Hall–Kier alpha value is -0.350. The number of halogens is 3. The van der Waals surface area contributed by atoms with E-state index >= 15 is 0 Å². The minimum atomic E-state index is 0. The molecular formula is C11H11Cl3N2S. The maximum absolute atomic E-state index is 5.80. The van der Waals surface area contributed by atoms with Crippen molar-refractivity contribution in [3.8, 4) is 0 Å². The van der Waals surface area contributed by atoms with Crippen LogP contribution in [0.3, 0.4) is 0 Å². The highest BCUT2D eigenvalue weighted by molar-refractivity contribution is 7.99. The van der Waals surface area contributed by atoms with Gasteiger partial charge < -0.3 is 4.98 Å². The van der Waals surface area contributed by atoms with Crippen LogP contribution in [-0.2, 0) is 0 Å². The third-order valence-electron chi connectivity index (χ3n) is 2.15. The third-order valence-corrected chi connectivity index (χ3v) is 3.84. The summed E-state index contributed by atoms with van der Waals surface area (Å²) < 4.78 is 0. The summed E-state index contributed by atoms with van der Waals surface area (Å²) in [4.78, 5) is 7.05. The number of aromatic amines is 1. The fraction of sp³-hybridized carbons (Fsp3) is 0.182. The van der Waals surface area contributed by atoms with E-state index in [9.17, 15) is 0 Å². The Bertz CT molecular complexity index is 453. The molecule has 1 unspecified atom stereocenters. The molecule has 6 heteroatoms. The predicted molar refractivity (Wildman–Crippen MR) is 76.6 cm³/mol. The molecule has 2 aromatic rings. The minimum absolute atomic E-state index is 0. The van der Waals surface area contributed by atoms with Gasteiger partial charge in [0.05, 0.1) is 0 Å². The summed E-state index contributed by atoms with van der Waals surface area (Å²) in [5, 5.41) is 1.76. The van der Waals surface area contributed by atoms with Crippen LogP contribution < -0.4 is 0 Å². The minimum Gasteiger partial charge on any atom is -0.323 e. The fourth-order valence-corrected chi connectivity index (χ4v) is 2.63. The number of nitrogens with zero attached hydrogens (tertiary/aromatic N) is 1. The molecule has 17 heavy (non-hydrogen) atoms. The van der Waals surface area contributed by atoms with Gasteiger partial charge >= 0.3 is 0 Å². The smallest absolute Gasteiger partial charge is 0.168 e. The van der Waals surface area contributed by atoms with Crippen LogP contribution >= 0.6 is 47.4 Å². The van der Waals surface area contributed by atoms with Crippen molar-refractivity contribution in [3.63, 3.8) is 0 Å². The molecule has 1 aromatic heterocycles. The Morgan fingerprint density at radius 2 is 1.88 bits per heavy atom. The molecule has 0 spiro atoms. The topological polar surface area (TPSA) is 28.7 Å². The van der Waals surface area contributed by atoms with Gasteiger partial charge in [-0.1, -0.05) is 65.3 Å². The molecule has 2 rings (SSSR count). The van der Waals surface area contributed by atoms with Gasteiger partial charge in [-0.2, -0.15) is 0 Å². The predicted octanol–water partition coefficient (Wildman–Crippen LogP) is 4.99. The highest BCUT2D eigenvalue weighted by Crippen LogP contribution is 2.34. The average Bonchev–Trinajstić information content (AvgIpc) is 2.59. The maximum Gasteiger partial charge on any atom is 0.168 e. The lowest BCUT2D eigenvalue weighted by Crippen LogP contribution is -1.88. The number of hydrogen-bond acceptors (Lipinski definition) is 2. The third kappa shape index (κ3) is 3.81. The number of aromatic nitrogens is 2. The van der Waals surface area contributed by atoms with Crippen LogP contribution in [0.2, 0.25) is 10.3 Å². The summed E-state index contributed by atoms with van der Waals surface area (Å²) >= 11 is 13.2. The van der Waals surface area contributed by atoms with Crippen LogP contribution in [-0.4, -0.2) is 9.97 Å². The van der Waals surface area contributed by atoms with Gasteiger partial charge in [-0.05, 0) is 12.5 Å². The number of nitrogens with one attached hydrogen (secondary N) is 1. The van der Waals surface area contributed by atoms with Crippen LogP contribution in [0.25, 0.3) is 0 Å². The summed E-state index contributed by atoms with van der Waals surface area (Å²) in [5.41, 5.74) is 1.25. The zero-order valence-corrected chi connectivity index (χ0v) is 12.1. The molecule has 0 radical (unpaired) electrons. The van der Waals surface area contributed by atoms with Gasteiger partial charge in [-0.15, -0.1) is 12.4 Å². The van der Waals surface area contributed by atoms with Crippen LogP contribution in [0.15, 0.2) is 35.5 Å². The second-order valence-electron chi connectivity index (χ2n) is 3.32. The molecule has 1 N–H and O–H groups in total. The lowest BCUT2D eigenvalue weighted by molar-refractivity contribution is 1.02. The largest absolute Gasteiger partial charge is 0.323 e. The van der Waals surface area contributed by atoms with Gasteiger partial charge in [0.1, 0.15) is 5.15 Å². The fourth-order valence-electron chi connectivity index (χ4n) is 1.33. The summed E-state index contributed by atoms with van der Waals surface area (Å²) in [5.74, 6) is 0. The molecule has 0 saturated heterocycles. The van der Waals surface area contributed by atoms with Crippen molar-refractivity contribution in [1.82, 2.24) is 9.97 Å². The Morgan fingerprint density at radius 3 is 2.41 bits per heavy atom. The molecule has 0 aliphatic carbocycles. The number of rotatable bonds is 3. The maximum atomic E-state index is 5.80. The highest BCUT2D eigenvalue weighted by atomic mass is 35.5. The first-order valence-corrected chi connectivity index (χ1v) is 6.43. The number of H-pyrrole nitrogens is 1. The second kappa shape index (κ2) is 6.55. The van der Waals surface area contributed by atoms with Crippen molar-refractivity contribution in [3.05, 3.63) is 46.2 Å². The number of hydrogen-bond donors (Lipinski definition) is 1. The van der Waals surface area contributed by atoms with Gasteiger partial charge in [0, 0.05) is 5.25 Å². The number of imidazole rings is 1. The van der Waals surface area contributed by atoms with E-state index in [1.165, 1.54) is 5.56 Å². The molecule has 0 fully saturated rings. The molecule has 0 bridgehead atoms. The van der Waals surface area contributed by atoms with E-state index < -0.39 is 0 Å². The van der Waals surface area contributed by atoms with Gasteiger partial charge in [0.15, 0.2) is 10.3 Å². The molecule has 92 valence electrons. The standard InChI is InChI=1S/C11H10Cl2N2S.ClH/c1-7(8-5-3-2-4-6-8)16-11-14-9(12)10(13)15-11;/h2-7H,1H3,(H,14,15);1H. The molecule has 2 nitrogen and oxygen atoms in total. The molecule has 1 atom stereocenters. The number of benzene rings is 1. The van der Waals surface area contributed by atoms with Crippen molar-refractivity contribution >= 4 is 47.4 Å². The first-order chi connectivity index (χ1) is 7.66. The molecule has 1 heterocycles. The van der Waals surface area contributed by atoms with Crippen molar-refractivity contribution in [2.75, 3.05) is 0 Å². The van der Waals surface area contributed by atoms with E-state index in [4.69, 9.17) is 23.2 Å². The Morgan fingerprint density at radius 1 is 1.24 bits per heavy atom. The van der Waals surface area contributed by atoms with E-state index in [0.29, 0.717) is 15.6 Å². The monoisotopic (exact) mass is 308 g/mol. The molecule has 0 saturated carbocycles. The second-order valence-corrected chi connectivity index (χ2v) is 5.38. The lowest BCUT2D eigenvalue weighted by Gasteiger charge is -2.08. The van der Waals surface area contributed by atoms with E-state index in [-0.39, 0.29) is 12.4 Å². The Balaban J connectivity index is 0.00000144. The zero-order valence-electron chi connectivity index (χ0n) is 8.98. The van der Waals surface area contributed by atoms with E-state index in [2.05, 4.69) is 29.0 Å². The van der Waals surface area contributed by atoms with Crippen molar-refractivity contribution < 1.29 is 0 Å². The summed E-state index contributed by atoms with van der Waals surface area (Å²) in [7, 11) is 0. The molecule has 0 aliphatic rings. The average molecular weight is 310 g/mol. The Labute approximate surface area is 121 Å².